The van der Waals surface area contributed by atoms with Crippen molar-refractivity contribution in [3.05, 3.63) is 51.4 Å². The second kappa shape index (κ2) is 5.29. The number of aromatic nitrogens is 1. The zero-order valence-electron chi connectivity index (χ0n) is 9.18. The number of halogens is 1. The highest BCUT2D eigenvalue weighted by atomic mass is 35.5. The maximum absolute atomic E-state index is 11.9. The summed E-state index contributed by atoms with van der Waals surface area (Å²) in [5.74, 6) is -0.105. The molecule has 2 rings (SSSR count). The van der Waals surface area contributed by atoms with Crippen molar-refractivity contribution in [1.82, 2.24) is 10.3 Å². The highest BCUT2D eigenvalue weighted by molar-refractivity contribution is 7.17. The predicted octanol–water partition coefficient (Wildman–Crippen LogP) is 3.29. The minimum Gasteiger partial charge on any atom is -0.345 e. The van der Waals surface area contributed by atoms with Crippen LogP contribution in [0.1, 0.15) is 28.2 Å². The van der Waals surface area contributed by atoms with Gasteiger partial charge in [0.2, 0.25) is 0 Å². The van der Waals surface area contributed by atoms with Crippen molar-refractivity contribution in [2.45, 2.75) is 13.0 Å². The average Bonchev–Trinajstić information content (AvgIpc) is 2.77. The van der Waals surface area contributed by atoms with Crippen LogP contribution >= 0.6 is 22.9 Å². The van der Waals surface area contributed by atoms with Gasteiger partial charge in [0, 0.05) is 12.4 Å². The Hall–Kier alpha value is -1.39. The molecule has 0 aliphatic rings. The van der Waals surface area contributed by atoms with E-state index in [9.17, 15) is 4.79 Å². The summed E-state index contributed by atoms with van der Waals surface area (Å²) in [5.41, 5.74) is 1.02. The van der Waals surface area contributed by atoms with Crippen molar-refractivity contribution in [3.63, 3.8) is 0 Å². The second-order valence-electron chi connectivity index (χ2n) is 3.58. The third-order valence-corrected chi connectivity index (χ3v) is 3.58. The molecule has 0 saturated heterocycles. The third kappa shape index (κ3) is 3.05. The highest BCUT2D eigenvalue weighted by Crippen LogP contribution is 2.22. The molecule has 2 aromatic heterocycles. The molecular weight excluding hydrogens is 256 g/mol. The van der Waals surface area contributed by atoms with E-state index in [0.29, 0.717) is 9.21 Å². The van der Waals surface area contributed by atoms with Crippen LogP contribution in [0.2, 0.25) is 4.34 Å². The van der Waals surface area contributed by atoms with E-state index < -0.39 is 0 Å². The fourth-order valence-electron chi connectivity index (χ4n) is 1.44. The number of pyridine rings is 1. The first-order valence-corrected chi connectivity index (χ1v) is 6.32. The van der Waals surface area contributed by atoms with Gasteiger partial charge in [-0.25, -0.2) is 0 Å². The van der Waals surface area contributed by atoms with E-state index in [4.69, 9.17) is 11.6 Å². The van der Waals surface area contributed by atoms with Crippen LogP contribution in [0, 0.1) is 0 Å². The van der Waals surface area contributed by atoms with Gasteiger partial charge in [0.15, 0.2) is 0 Å². The van der Waals surface area contributed by atoms with Crippen LogP contribution < -0.4 is 5.32 Å². The lowest BCUT2D eigenvalue weighted by atomic mass is 10.1. The minimum absolute atomic E-state index is 0.0497. The van der Waals surface area contributed by atoms with E-state index in [-0.39, 0.29) is 11.9 Å². The maximum atomic E-state index is 11.9. The Morgan fingerprint density at radius 2 is 2.06 bits per heavy atom. The quantitative estimate of drug-likeness (QED) is 0.926. The fraction of sp³-hybridized carbons (Fsp3) is 0.167. The van der Waals surface area contributed by atoms with Gasteiger partial charge in [0.1, 0.15) is 0 Å². The van der Waals surface area contributed by atoms with Crippen molar-refractivity contribution >= 4 is 28.8 Å². The van der Waals surface area contributed by atoms with Gasteiger partial charge in [-0.3, -0.25) is 9.78 Å². The van der Waals surface area contributed by atoms with Crippen LogP contribution in [0.4, 0.5) is 0 Å². The van der Waals surface area contributed by atoms with Crippen LogP contribution in [0.15, 0.2) is 36.7 Å². The molecule has 2 heterocycles. The molecule has 0 bridgehead atoms. The van der Waals surface area contributed by atoms with Gasteiger partial charge in [-0.15, -0.1) is 11.3 Å². The Kier molecular flexibility index (Phi) is 3.76. The summed E-state index contributed by atoms with van der Waals surface area (Å²) in [4.78, 5) is 16.4. The van der Waals surface area contributed by atoms with E-state index in [2.05, 4.69) is 10.3 Å². The van der Waals surface area contributed by atoms with Gasteiger partial charge < -0.3 is 5.32 Å². The summed E-state index contributed by atoms with van der Waals surface area (Å²) < 4.78 is 0.617. The van der Waals surface area contributed by atoms with E-state index >= 15 is 0 Å². The van der Waals surface area contributed by atoms with Crippen LogP contribution in [-0.4, -0.2) is 10.9 Å². The molecule has 1 atom stereocenters. The number of nitrogens with one attached hydrogen (secondary N) is 1. The van der Waals surface area contributed by atoms with Crippen molar-refractivity contribution in [3.8, 4) is 0 Å². The molecule has 3 nitrogen and oxygen atoms in total. The first-order chi connectivity index (χ1) is 8.16. The SMILES string of the molecule is C[C@@H](NC(=O)c1ccc(Cl)s1)c1ccncc1. The Morgan fingerprint density at radius 3 is 2.65 bits per heavy atom. The summed E-state index contributed by atoms with van der Waals surface area (Å²) in [5, 5.41) is 2.91. The third-order valence-electron chi connectivity index (χ3n) is 2.35. The molecule has 0 aromatic carbocycles. The van der Waals surface area contributed by atoms with Crippen molar-refractivity contribution in [1.29, 1.82) is 0 Å². The van der Waals surface area contributed by atoms with Gasteiger partial charge >= 0.3 is 0 Å². The minimum atomic E-state index is -0.105. The summed E-state index contributed by atoms with van der Waals surface area (Å²) >= 11 is 7.06. The lowest BCUT2D eigenvalue weighted by molar-refractivity contribution is 0.0944. The lowest BCUT2D eigenvalue weighted by Crippen LogP contribution is -2.25. The van der Waals surface area contributed by atoms with Crippen LogP contribution in [0.5, 0.6) is 0 Å². The number of hydrogen-bond acceptors (Lipinski definition) is 3. The Morgan fingerprint density at radius 1 is 1.35 bits per heavy atom. The number of thiophene rings is 1. The molecule has 2 aromatic rings. The number of carbonyl (C=O) groups excluding carboxylic acids is 1. The van der Waals surface area contributed by atoms with Crippen molar-refractivity contribution in [2.75, 3.05) is 0 Å². The zero-order valence-corrected chi connectivity index (χ0v) is 10.8. The number of carbonyl (C=O) groups is 1. The number of amides is 1. The van der Waals surface area contributed by atoms with Crippen molar-refractivity contribution < 1.29 is 4.79 Å². The van der Waals surface area contributed by atoms with Gasteiger partial charge in [-0.1, -0.05) is 11.6 Å². The largest absolute Gasteiger partial charge is 0.345 e. The Labute approximate surface area is 108 Å². The smallest absolute Gasteiger partial charge is 0.261 e. The predicted molar refractivity (Wildman–Crippen MR) is 69.4 cm³/mol. The second-order valence-corrected chi connectivity index (χ2v) is 5.29. The summed E-state index contributed by atoms with van der Waals surface area (Å²) in [6, 6.07) is 7.16. The topological polar surface area (TPSA) is 42.0 Å². The fourth-order valence-corrected chi connectivity index (χ4v) is 2.39. The Balaban J connectivity index is 2.04. The molecule has 0 unspecified atom stereocenters. The van der Waals surface area contributed by atoms with E-state index in [0.717, 1.165) is 5.56 Å². The molecule has 1 N–H and O–H groups in total. The molecule has 0 fully saturated rings. The molecule has 0 radical (unpaired) electrons. The van der Waals surface area contributed by atoms with Gasteiger partial charge in [-0.05, 0) is 36.8 Å². The molecule has 88 valence electrons. The monoisotopic (exact) mass is 266 g/mol. The van der Waals surface area contributed by atoms with E-state index in [1.54, 1.807) is 24.5 Å². The van der Waals surface area contributed by atoms with Crippen molar-refractivity contribution in [2.24, 2.45) is 0 Å². The van der Waals surface area contributed by atoms with Gasteiger partial charge in [-0.2, -0.15) is 0 Å². The number of nitrogens with zero attached hydrogens (tertiary/aromatic N) is 1. The van der Waals surface area contributed by atoms with E-state index in [1.165, 1.54) is 11.3 Å². The molecule has 5 heteroatoms. The highest BCUT2D eigenvalue weighted by Gasteiger charge is 2.12. The molecule has 1 amide bonds. The molecular formula is C12H11ClN2OS. The summed E-state index contributed by atoms with van der Waals surface area (Å²) in [7, 11) is 0. The summed E-state index contributed by atoms with van der Waals surface area (Å²) in [6.45, 7) is 1.93. The first-order valence-electron chi connectivity index (χ1n) is 5.13. The van der Waals surface area contributed by atoms with Gasteiger partial charge in [0.25, 0.3) is 5.91 Å². The normalized spacial score (nSPS) is 12.1. The van der Waals surface area contributed by atoms with Crippen LogP contribution in [0.25, 0.3) is 0 Å². The molecule has 0 aliphatic heterocycles. The van der Waals surface area contributed by atoms with E-state index in [1.807, 2.05) is 19.1 Å². The first kappa shape index (κ1) is 12.1. The molecule has 0 spiro atoms. The van der Waals surface area contributed by atoms with Crippen LogP contribution in [-0.2, 0) is 0 Å². The standard InChI is InChI=1S/C12H11ClN2OS/c1-8(9-4-6-14-7-5-9)15-12(16)10-2-3-11(13)17-10/h2-8H,1H3,(H,15,16)/t8-/m1/s1. The van der Waals surface area contributed by atoms with Crippen LogP contribution in [0.3, 0.4) is 0 Å². The average molecular weight is 267 g/mol. The molecule has 17 heavy (non-hydrogen) atoms. The molecule has 0 saturated carbocycles. The van der Waals surface area contributed by atoms with Gasteiger partial charge in [0.05, 0.1) is 15.3 Å². The molecule has 0 aliphatic carbocycles. The summed E-state index contributed by atoms with van der Waals surface area (Å²) in [6.07, 6.45) is 3.42. The Bertz CT molecular complexity index is 512. The zero-order chi connectivity index (χ0) is 12.3. The number of rotatable bonds is 3. The maximum Gasteiger partial charge on any atom is 0.261 e. The number of hydrogen-bond donors (Lipinski definition) is 1. The lowest BCUT2D eigenvalue weighted by Gasteiger charge is -2.13.